The molecule has 0 N–H and O–H groups in total. The number of rotatable bonds is 14. The molecule has 0 saturated heterocycles. The zero-order valence-corrected chi connectivity index (χ0v) is 13.7. The fourth-order valence-electron chi connectivity index (χ4n) is 1.94. The third-order valence-corrected chi connectivity index (χ3v) is 3.16. The van der Waals surface area contributed by atoms with Gasteiger partial charge in [0.1, 0.15) is 6.29 Å². The van der Waals surface area contributed by atoms with Gasteiger partial charge >= 0.3 is 0 Å². The van der Waals surface area contributed by atoms with Crippen LogP contribution in [-0.4, -0.2) is 6.29 Å². The van der Waals surface area contributed by atoms with Crippen LogP contribution in [0.15, 0.2) is 48.6 Å². The quantitative estimate of drug-likeness (QED) is 0.207. The van der Waals surface area contributed by atoms with E-state index in [1.807, 2.05) is 0 Å². The summed E-state index contributed by atoms with van der Waals surface area (Å²) >= 11 is 0. The first-order valence-electron chi connectivity index (χ1n) is 8.45. The summed E-state index contributed by atoms with van der Waals surface area (Å²) in [6, 6.07) is 0. The summed E-state index contributed by atoms with van der Waals surface area (Å²) < 4.78 is 0. The Bertz CT molecular complexity index is 321. The lowest BCUT2D eigenvalue weighted by Crippen LogP contribution is -1.79. The van der Waals surface area contributed by atoms with Crippen molar-refractivity contribution in [2.75, 3.05) is 0 Å². The van der Waals surface area contributed by atoms with E-state index in [-0.39, 0.29) is 0 Å². The largest absolute Gasteiger partial charge is 0.303 e. The van der Waals surface area contributed by atoms with Crippen LogP contribution in [0, 0.1) is 0 Å². The van der Waals surface area contributed by atoms with E-state index in [4.69, 9.17) is 0 Å². The van der Waals surface area contributed by atoms with Crippen molar-refractivity contribution < 1.29 is 4.79 Å². The van der Waals surface area contributed by atoms with Gasteiger partial charge in [-0.15, -0.1) is 0 Å². The van der Waals surface area contributed by atoms with E-state index < -0.39 is 0 Å². The van der Waals surface area contributed by atoms with E-state index in [1.54, 1.807) is 0 Å². The Kier molecular flexibility index (Phi) is 17.4. The fourth-order valence-corrected chi connectivity index (χ4v) is 1.94. The highest BCUT2D eigenvalue weighted by Crippen LogP contribution is 2.05. The van der Waals surface area contributed by atoms with E-state index in [2.05, 4.69) is 55.5 Å². The van der Waals surface area contributed by atoms with Crippen LogP contribution in [-0.2, 0) is 4.79 Å². The number of aldehydes is 1. The molecule has 0 fully saturated rings. The van der Waals surface area contributed by atoms with Crippen molar-refractivity contribution in [3.8, 4) is 0 Å². The zero-order chi connectivity index (χ0) is 15.4. The molecule has 0 rings (SSSR count). The van der Waals surface area contributed by atoms with Crippen molar-refractivity contribution in [2.24, 2.45) is 0 Å². The van der Waals surface area contributed by atoms with Gasteiger partial charge < -0.3 is 4.79 Å². The van der Waals surface area contributed by atoms with E-state index in [0.717, 1.165) is 44.8 Å². The second-order valence-corrected chi connectivity index (χ2v) is 5.16. The van der Waals surface area contributed by atoms with E-state index in [1.165, 1.54) is 25.7 Å². The minimum atomic E-state index is 0.726. The SMILES string of the molecule is CC/C=C/C/C=C/C/C=C/C/C=C/CCCCCCC=O. The summed E-state index contributed by atoms with van der Waals surface area (Å²) in [7, 11) is 0. The monoisotopic (exact) mass is 288 g/mol. The maximum Gasteiger partial charge on any atom is 0.119 e. The molecule has 0 aliphatic heterocycles. The second kappa shape index (κ2) is 18.6. The molecular weight excluding hydrogens is 256 g/mol. The Hall–Kier alpha value is -1.37. The summed E-state index contributed by atoms with van der Waals surface area (Å²) in [5.74, 6) is 0. The molecule has 0 aliphatic carbocycles. The van der Waals surface area contributed by atoms with Crippen molar-refractivity contribution in [3.63, 3.8) is 0 Å². The number of allylic oxidation sites excluding steroid dienone is 8. The van der Waals surface area contributed by atoms with Gasteiger partial charge in [-0.2, -0.15) is 0 Å². The Labute approximate surface area is 131 Å². The summed E-state index contributed by atoms with van der Waals surface area (Å²) in [4.78, 5) is 10.1. The average molecular weight is 288 g/mol. The number of unbranched alkanes of at least 4 members (excludes halogenated alkanes) is 5. The van der Waals surface area contributed by atoms with Crippen molar-refractivity contribution in [1.29, 1.82) is 0 Å². The lowest BCUT2D eigenvalue weighted by molar-refractivity contribution is -0.107. The second-order valence-electron chi connectivity index (χ2n) is 5.16. The van der Waals surface area contributed by atoms with E-state index in [9.17, 15) is 4.79 Å². The van der Waals surface area contributed by atoms with Crippen LogP contribution in [0.25, 0.3) is 0 Å². The molecule has 0 spiro atoms. The molecule has 0 aliphatic rings. The number of carbonyl (C=O) groups excluding carboxylic acids is 1. The molecule has 0 aromatic heterocycles. The van der Waals surface area contributed by atoms with Crippen LogP contribution in [0.5, 0.6) is 0 Å². The molecule has 0 amide bonds. The van der Waals surface area contributed by atoms with Gasteiger partial charge in [-0.1, -0.05) is 68.4 Å². The number of carbonyl (C=O) groups is 1. The molecular formula is C20H32O. The molecule has 0 aromatic carbocycles. The minimum Gasteiger partial charge on any atom is -0.303 e. The predicted molar refractivity (Wildman–Crippen MR) is 94.5 cm³/mol. The standard InChI is InChI=1S/C20H32O/c1-2-3-4-5-6-7-8-9-10-11-12-13-14-15-16-17-18-19-20-21/h3-4,6-7,9-10,12-13,20H,2,5,8,11,14-19H2,1H3/b4-3+,7-6+,10-9+,13-12+. The van der Waals surface area contributed by atoms with Gasteiger partial charge in [-0.05, 0) is 44.9 Å². The normalized spacial score (nSPS) is 12.4. The molecule has 0 atom stereocenters. The van der Waals surface area contributed by atoms with Gasteiger partial charge in [-0.3, -0.25) is 0 Å². The third kappa shape index (κ3) is 18.6. The lowest BCUT2D eigenvalue weighted by atomic mass is 10.1. The van der Waals surface area contributed by atoms with Crippen LogP contribution in [0.3, 0.4) is 0 Å². The Morgan fingerprint density at radius 3 is 1.57 bits per heavy atom. The van der Waals surface area contributed by atoms with Gasteiger partial charge in [0, 0.05) is 6.42 Å². The van der Waals surface area contributed by atoms with E-state index in [0.29, 0.717) is 0 Å². The van der Waals surface area contributed by atoms with Gasteiger partial charge in [0.15, 0.2) is 0 Å². The third-order valence-electron chi connectivity index (χ3n) is 3.16. The highest BCUT2D eigenvalue weighted by Gasteiger charge is 1.87. The first-order chi connectivity index (χ1) is 10.4. The van der Waals surface area contributed by atoms with Gasteiger partial charge in [0.05, 0.1) is 0 Å². The summed E-state index contributed by atoms with van der Waals surface area (Å²) in [6.07, 6.45) is 29.7. The minimum absolute atomic E-state index is 0.726. The Balaban J connectivity index is 3.32. The molecule has 0 saturated carbocycles. The summed E-state index contributed by atoms with van der Waals surface area (Å²) in [6.45, 7) is 2.16. The first-order valence-corrected chi connectivity index (χ1v) is 8.45. The van der Waals surface area contributed by atoms with Crippen LogP contribution < -0.4 is 0 Å². The maximum absolute atomic E-state index is 10.1. The van der Waals surface area contributed by atoms with Gasteiger partial charge in [0.2, 0.25) is 0 Å². The topological polar surface area (TPSA) is 17.1 Å². The van der Waals surface area contributed by atoms with Crippen LogP contribution in [0.4, 0.5) is 0 Å². The predicted octanol–water partition coefficient (Wildman–Crippen LogP) is 6.33. The summed E-state index contributed by atoms with van der Waals surface area (Å²) in [5.41, 5.74) is 0. The maximum atomic E-state index is 10.1. The Morgan fingerprint density at radius 2 is 1.05 bits per heavy atom. The number of hydrogen-bond donors (Lipinski definition) is 0. The van der Waals surface area contributed by atoms with Crippen molar-refractivity contribution in [1.82, 2.24) is 0 Å². The average Bonchev–Trinajstić information content (AvgIpc) is 2.50. The van der Waals surface area contributed by atoms with Gasteiger partial charge in [-0.25, -0.2) is 0 Å². The molecule has 0 aromatic rings. The van der Waals surface area contributed by atoms with Crippen LogP contribution in [0.2, 0.25) is 0 Å². The molecule has 21 heavy (non-hydrogen) atoms. The van der Waals surface area contributed by atoms with Crippen LogP contribution in [0.1, 0.15) is 71.1 Å². The van der Waals surface area contributed by atoms with E-state index >= 15 is 0 Å². The molecule has 0 bridgehead atoms. The zero-order valence-electron chi connectivity index (χ0n) is 13.7. The van der Waals surface area contributed by atoms with Crippen molar-refractivity contribution >= 4 is 6.29 Å². The molecule has 0 heterocycles. The highest BCUT2D eigenvalue weighted by atomic mass is 16.1. The molecule has 0 unspecified atom stereocenters. The van der Waals surface area contributed by atoms with Crippen molar-refractivity contribution in [2.45, 2.75) is 71.1 Å². The summed E-state index contributed by atoms with van der Waals surface area (Å²) in [5, 5.41) is 0. The van der Waals surface area contributed by atoms with Gasteiger partial charge in [0.25, 0.3) is 0 Å². The fraction of sp³-hybridized carbons (Fsp3) is 0.550. The number of hydrogen-bond acceptors (Lipinski definition) is 1. The Morgan fingerprint density at radius 1 is 0.571 bits per heavy atom. The molecule has 1 heteroatoms. The molecule has 118 valence electrons. The van der Waals surface area contributed by atoms with Crippen LogP contribution >= 0.6 is 0 Å². The smallest absolute Gasteiger partial charge is 0.119 e. The molecule has 0 radical (unpaired) electrons. The highest BCUT2D eigenvalue weighted by molar-refractivity contribution is 5.48. The lowest BCUT2D eigenvalue weighted by Gasteiger charge is -1.95. The first kappa shape index (κ1) is 19.6. The van der Waals surface area contributed by atoms with Crippen molar-refractivity contribution in [3.05, 3.63) is 48.6 Å². The molecule has 1 nitrogen and oxygen atoms in total.